The first-order valence-corrected chi connectivity index (χ1v) is 9.82. The molecule has 1 N–H and O–H groups in total. The predicted octanol–water partition coefficient (Wildman–Crippen LogP) is 4.69. The zero-order valence-corrected chi connectivity index (χ0v) is 14.6. The van der Waals surface area contributed by atoms with Crippen LogP contribution in [-0.2, 0) is 0 Å². The van der Waals surface area contributed by atoms with Crippen LogP contribution in [0.5, 0.6) is 0 Å². The van der Waals surface area contributed by atoms with E-state index in [0.29, 0.717) is 10.8 Å². The maximum absolute atomic E-state index is 10.2. The summed E-state index contributed by atoms with van der Waals surface area (Å²) in [5.41, 5.74) is 1.12. The maximum atomic E-state index is 10.2. The topological polar surface area (TPSA) is 20.2 Å². The Labute approximate surface area is 135 Å². The molecule has 4 aliphatic carbocycles. The fraction of sp³-hybridized carbons (Fsp3) is 1.00. The summed E-state index contributed by atoms with van der Waals surface area (Å²) in [6.45, 7) is 5.14. The van der Waals surface area contributed by atoms with E-state index in [9.17, 15) is 5.11 Å². The molecule has 4 saturated carbocycles. The van der Waals surface area contributed by atoms with Gasteiger partial charge in [-0.25, -0.2) is 0 Å². The van der Waals surface area contributed by atoms with Crippen LogP contribution in [0.15, 0.2) is 0 Å². The molecule has 4 rings (SSSR count). The molecule has 4 aliphatic rings. The predicted molar refractivity (Wildman–Crippen MR) is 90.5 cm³/mol. The Hall–Kier alpha value is 0.310. The molecular weight excluding hydrogens is 276 g/mol. The zero-order chi connectivity index (χ0) is 14.8. The summed E-state index contributed by atoms with van der Waals surface area (Å²) >= 11 is 4.73. The average Bonchev–Trinajstić information content (AvgIpc) is 2.82. The summed E-state index contributed by atoms with van der Waals surface area (Å²) in [6.07, 6.45) is 12.1. The summed E-state index contributed by atoms with van der Waals surface area (Å²) in [6, 6.07) is 0. The highest BCUT2D eigenvalue weighted by Crippen LogP contribution is 2.66. The smallest absolute Gasteiger partial charge is 0.0659 e. The second-order valence-electron chi connectivity index (χ2n) is 9.32. The summed E-state index contributed by atoms with van der Waals surface area (Å²) in [4.78, 5) is 0. The van der Waals surface area contributed by atoms with Gasteiger partial charge >= 0.3 is 0 Å². The molecule has 4 fully saturated rings. The lowest BCUT2D eigenvalue weighted by molar-refractivity contribution is -0.118. The lowest BCUT2D eigenvalue weighted by Crippen LogP contribution is -2.55. The van der Waals surface area contributed by atoms with Gasteiger partial charge in [-0.15, -0.1) is 0 Å². The van der Waals surface area contributed by atoms with E-state index in [-0.39, 0.29) is 11.4 Å². The lowest BCUT2D eigenvalue weighted by atomic mass is 9.45. The van der Waals surface area contributed by atoms with Crippen molar-refractivity contribution < 1.29 is 5.11 Å². The molecule has 120 valence electrons. The van der Waals surface area contributed by atoms with Crippen LogP contribution in [0, 0.1) is 34.5 Å². The molecule has 0 aromatic heterocycles. The van der Waals surface area contributed by atoms with Gasteiger partial charge in [-0.3, -0.25) is 0 Å². The number of thiol groups is 1. The third kappa shape index (κ3) is 2.07. The van der Waals surface area contributed by atoms with Crippen LogP contribution in [0.2, 0.25) is 0 Å². The van der Waals surface area contributed by atoms with E-state index >= 15 is 0 Å². The third-order valence-corrected chi connectivity index (χ3v) is 8.99. The molecule has 0 aliphatic heterocycles. The van der Waals surface area contributed by atoms with Crippen molar-refractivity contribution >= 4 is 12.6 Å². The number of aliphatic hydroxyl groups excluding tert-OH is 1. The van der Waals surface area contributed by atoms with E-state index in [0.717, 1.165) is 36.5 Å². The summed E-state index contributed by atoms with van der Waals surface area (Å²) in [5, 5.41) is 10.5. The molecule has 0 heterocycles. The molecule has 21 heavy (non-hydrogen) atoms. The summed E-state index contributed by atoms with van der Waals surface area (Å²) < 4.78 is 0. The van der Waals surface area contributed by atoms with Gasteiger partial charge in [0.1, 0.15) is 0 Å². The minimum Gasteiger partial charge on any atom is -0.392 e. The van der Waals surface area contributed by atoms with Gasteiger partial charge in [0.15, 0.2) is 0 Å². The third-order valence-electron chi connectivity index (χ3n) is 8.47. The first-order valence-electron chi connectivity index (χ1n) is 9.30. The van der Waals surface area contributed by atoms with E-state index in [1.165, 1.54) is 44.9 Å². The minimum absolute atomic E-state index is 0.164. The monoisotopic (exact) mass is 308 g/mol. The Morgan fingerprint density at radius 1 is 1.00 bits per heavy atom. The van der Waals surface area contributed by atoms with E-state index in [4.69, 9.17) is 12.6 Å². The number of rotatable bonds is 0. The van der Waals surface area contributed by atoms with Crippen molar-refractivity contribution in [3.63, 3.8) is 0 Å². The van der Waals surface area contributed by atoms with Crippen LogP contribution in [0.4, 0.5) is 0 Å². The van der Waals surface area contributed by atoms with Crippen molar-refractivity contribution in [3.8, 4) is 0 Å². The van der Waals surface area contributed by atoms with Gasteiger partial charge in [0.25, 0.3) is 0 Å². The van der Waals surface area contributed by atoms with E-state index in [1.54, 1.807) is 0 Å². The zero-order valence-electron chi connectivity index (χ0n) is 13.7. The van der Waals surface area contributed by atoms with Crippen molar-refractivity contribution in [1.82, 2.24) is 0 Å². The Morgan fingerprint density at radius 3 is 2.62 bits per heavy atom. The number of aliphatic hydroxyl groups is 1. The van der Waals surface area contributed by atoms with Gasteiger partial charge in [0.05, 0.1) is 6.10 Å². The first kappa shape index (κ1) is 14.9. The molecule has 0 aromatic carbocycles. The fourth-order valence-electron chi connectivity index (χ4n) is 7.27. The molecule has 0 aromatic rings. The van der Waals surface area contributed by atoms with Gasteiger partial charge in [-0.05, 0) is 85.9 Å². The van der Waals surface area contributed by atoms with Crippen LogP contribution in [0.3, 0.4) is 0 Å². The van der Waals surface area contributed by atoms with Crippen molar-refractivity contribution in [2.75, 3.05) is 0 Å². The van der Waals surface area contributed by atoms with Crippen LogP contribution < -0.4 is 0 Å². The molecule has 3 unspecified atom stereocenters. The Bertz CT molecular complexity index is 424. The van der Waals surface area contributed by atoms with Crippen molar-refractivity contribution in [2.45, 2.75) is 83.0 Å². The van der Waals surface area contributed by atoms with E-state index in [1.807, 2.05) is 0 Å². The summed E-state index contributed by atoms with van der Waals surface area (Å²) in [5.74, 6) is 3.64. The Morgan fingerprint density at radius 2 is 1.81 bits per heavy atom. The highest BCUT2D eigenvalue weighted by molar-refractivity contribution is 7.81. The maximum Gasteiger partial charge on any atom is 0.0659 e. The van der Waals surface area contributed by atoms with E-state index in [2.05, 4.69) is 13.8 Å². The largest absolute Gasteiger partial charge is 0.392 e. The number of fused-ring (bicyclic) bond motifs is 5. The van der Waals surface area contributed by atoms with Crippen molar-refractivity contribution in [3.05, 3.63) is 0 Å². The first-order chi connectivity index (χ1) is 9.94. The lowest BCUT2D eigenvalue weighted by Gasteiger charge is -2.61. The molecule has 8 atom stereocenters. The van der Waals surface area contributed by atoms with Crippen LogP contribution in [-0.4, -0.2) is 16.5 Å². The molecule has 0 radical (unpaired) electrons. The molecular formula is C19H32OS. The van der Waals surface area contributed by atoms with Crippen molar-refractivity contribution in [2.24, 2.45) is 34.5 Å². The van der Waals surface area contributed by atoms with E-state index < -0.39 is 0 Å². The molecule has 2 heteroatoms. The second kappa shape index (κ2) is 4.90. The van der Waals surface area contributed by atoms with Gasteiger partial charge in [-0.1, -0.05) is 20.3 Å². The second-order valence-corrected chi connectivity index (χ2v) is 9.98. The normalized spacial score (nSPS) is 60.0. The highest BCUT2D eigenvalue weighted by Gasteiger charge is 2.58. The molecule has 1 nitrogen and oxygen atoms in total. The molecule has 0 bridgehead atoms. The van der Waals surface area contributed by atoms with Gasteiger partial charge in [-0.2, -0.15) is 12.6 Å². The van der Waals surface area contributed by atoms with Gasteiger partial charge in [0, 0.05) is 5.25 Å². The van der Waals surface area contributed by atoms with Gasteiger partial charge in [0.2, 0.25) is 0 Å². The number of hydrogen-bond donors (Lipinski definition) is 2. The molecule has 0 saturated heterocycles. The SMILES string of the molecule is C[C@@]12CCC[C@H]1[C@@H]1CCC3CC(O)C(S)C[C@]3(C)[C@@H]1CC2. The average molecular weight is 309 g/mol. The van der Waals surface area contributed by atoms with Crippen LogP contribution >= 0.6 is 12.6 Å². The minimum atomic E-state index is -0.164. The van der Waals surface area contributed by atoms with Crippen molar-refractivity contribution in [1.29, 1.82) is 0 Å². The van der Waals surface area contributed by atoms with Crippen LogP contribution in [0.25, 0.3) is 0 Å². The summed E-state index contributed by atoms with van der Waals surface area (Å²) in [7, 11) is 0. The molecule has 0 spiro atoms. The highest BCUT2D eigenvalue weighted by atomic mass is 32.1. The van der Waals surface area contributed by atoms with Gasteiger partial charge < -0.3 is 5.11 Å². The number of hydrogen-bond acceptors (Lipinski definition) is 2. The quantitative estimate of drug-likeness (QED) is 0.622. The Balaban J connectivity index is 1.63. The Kier molecular flexibility index (Phi) is 3.47. The van der Waals surface area contributed by atoms with Crippen LogP contribution in [0.1, 0.15) is 71.6 Å². The molecule has 0 amide bonds. The standard InChI is InChI=1S/C19H32OS/c1-18-8-3-4-14(18)13-6-5-12-10-16(20)17(21)11-19(12,2)15(13)7-9-18/h12-17,20-21H,3-11H2,1-2H3/t12?,13-,14-,15+,16?,17?,18-,19-/m0/s1. The fourth-order valence-corrected chi connectivity index (χ4v) is 7.78.